The Bertz CT molecular complexity index is 812. The summed E-state index contributed by atoms with van der Waals surface area (Å²) >= 11 is 5.91. The highest BCUT2D eigenvalue weighted by Crippen LogP contribution is 2.16. The van der Waals surface area contributed by atoms with Crippen molar-refractivity contribution in [2.24, 2.45) is 0 Å². The first-order chi connectivity index (χ1) is 12.7. The lowest BCUT2D eigenvalue weighted by Crippen LogP contribution is -2.16. The molecule has 0 aliphatic carbocycles. The van der Waals surface area contributed by atoms with Crippen LogP contribution in [-0.4, -0.2) is 6.54 Å². The van der Waals surface area contributed by atoms with E-state index in [0.717, 1.165) is 30.3 Å². The van der Waals surface area contributed by atoms with Crippen LogP contribution in [0.25, 0.3) is 0 Å². The minimum atomic E-state index is 0.591. The zero-order valence-corrected chi connectivity index (χ0v) is 15.8. The van der Waals surface area contributed by atoms with Crippen molar-refractivity contribution in [2.75, 3.05) is 6.54 Å². The Kier molecular flexibility index (Phi) is 6.70. The van der Waals surface area contributed by atoms with Crippen LogP contribution in [0.5, 0.6) is 5.75 Å². The van der Waals surface area contributed by atoms with Crippen LogP contribution in [-0.2, 0) is 19.6 Å². The van der Waals surface area contributed by atoms with Crippen molar-refractivity contribution in [2.45, 2.75) is 26.5 Å². The van der Waals surface area contributed by atoms with Crippen LogP contribution in [0.4, 0.5) is 0 Å². The quantitative estimate of drug-likeness (QED) is 0.527. The molecule has 3 rings (SSSR count). The molecule has 134 valence electrons. The van der Waals surface area contributed by atoms with E-state index in [0.29, 0.717) is 6.61 Å². The molecule has 0 aromatic heterocycles. The Hall–Kier alpha value is -2.29. The molecule has 0 atom stereocenters. The fourth-order valence-electron chi connectivity index (χ4n) is 2.71. The Morgan fingerprint density at radius 1 is 0.846 bits per heavy atom. The maximum Gasteiger partial charge on any atom is 0.120 e. The van der Waals surface area contributed by atoms with Gasteiger partial charge in [-0.3, -0.25) is 0 Å². The molecule has 26 heavy (non-hydrogen) atoms. The molecule has 0 saturated carbocycles. The van der Waals surface area contributed by atoms with E-state index in [-0.39, 0.29) is 0 Å². The van der Waals surface area contributed by atoms with Crippen LogP contribution in [0.2, 0.25) is 5.02 Å². The zero-order valence-electron chi connectivity index (χ0n) is 15.0. The monoisotopic (exact) mass is 365 g/mol. The molecule has 0 aliphatic rings. The van der Waals surface area contributed by atoms with Crippen molar-refractivity contribution >= 4 is 11.6 Å². The van der Waals surface area contributed by atoms with E-state index >= 15 is 0 Å². The molecule has 0 heterocycles. The SMILES string of the molecule is Cc1ccc(COc2cccc(CNCCc3ccc(Cl)cc3)c2)cc1. The summed E-state index contributed by atoms with van der Waals surface area (Å²) in [5.41, 5.74) is 4.96. The van der Waals surface area contributed by atoms with E-state index in [2.05, 4.69) is 60.8 Å². The van der Waals surface area contributed by atoms with Crippen LogP contribution in [0.15, 0.2) is 72.8 Å². The molecule has 0 bridgehead atoms. The summed E-state index contributed by atoms with van der Waals surface area (Å²) in [6, 6.07) is 24.7. The van der Waals surface area contributed by atoms with Crippen LogP contribution in [0, 0.1) is 6.92 Å². The molecule has 2 nitrogen and oxygen atoms in total. The summed E-state index contributed by atoms with van der Waals surface area (Å²) in [6.07, 6.45) is 0.987. The molecule has 0 amide bonds. The van der Waals surface area contributed by atoms with Crippen LogP contribution >= 0.6 is 11.6 Å². The summed E-state index contributed by atoms with van der Waals surface area (Å²) in [5, 5.41) is 4.27. The molecule has 0 unspecified atom stereocenters. The zero-order chi connectivity index (χ0) is 18.2. The predicted molar refractivity (Wildman–Crippen MR) is 109 cm³/mol. The van der Waals surface area contributed by atoms with Crippen molar-refractivity contribution in [3.05, 3.63) is 100 Å². The molecule has 1 N–H and O–H groups in total. The van der Waals surface area contributed by atoms with Gasteiger partial charge < -0.3 is 10.1 Å². The van der Waals surface area contributed by atoms with Gasteiger partial charge in [-0.1, -0.05) is 65.7 Å². The molecular formula is C23H24ClNO. The lowest BCUT2D eigenvalue weighted by molar-refractivity contribution is 0.306. The van der Waals surface area contributed by atoms with E-state index in [1.165, 1.54) is 22.3 Å². The van der Waals surface area contributed by atoms with Gasteiger partial charge >= 0.3 is 0 Å². The van der Waals surface area contributed by atoms with E-state index in [1.807, 2.05) is 24.3 Å². The first kappa shape index (κ1) is 18.5. The van der Waals surface area contributed by atoms with Crippen LogP contribution in [0.1, 0.15) is 22.3 Å². The normalized spacial score (nSPS) is 10.7. The number of nitrogens with one attached hydrogen (secondary N) is 1. The Morgan fingerprint density at radius 2 is 1.58 bits per heavy atom. The van der Waals surface area contributed by atoms with Crippen molar-refractivity contribution in [1.29, 1.82) is 0 Å². The Balaban J connectivity index is 1.44. The highest BCUT2D eigenvalue weighted by molar-refractivity contribution is 6.30. The van der Waals surface area contributed by atoms with Gasteiger partial charge in [0.15, 0.2) is 0 Å². The van der Waals surface area contributed by atoms with Gasteiger partial charge in [-0.15, -0.1) is 0 Å². The average molecular weight is 366 g/mol. The number of aryl methyl sites for hydroxylation is 1. The van der Waals surface area contributed by atoms with Gasteiger partial charge in [0.05, 0.1) is 0 Å². The van der Waals surface area contributed by atoms with Crippen molar-refractivity contribution in [3.63, 3.8) is 0 Å². The van der Waals surface area contributed by atoms with Gasteiger partial charge in [0, 0.05) is 11.6 Å². The highest BCUT2D eigenvalue weighted by Gasteiger charge is 1.99. The summed E-state index contributed by atoms with van der Waals surface area (Å²) in [5.74, 6) is 0.905. The van der Waals surface area contributed by atoms with Crippen LogP contribution < -0.4 is 10.1 Å². The lowest BCUT2D eigenvalue weighted by atomic mass is 10.1. The van der Waals surface area contributed by atoms with Crippen molar-refractivity contribution < 1.29 is 4.74 Å². The third-order valence-electron chi connectivity index (χ3n) is 4.26. The second-order valence-electron chi connectivity index (χ2n) is 6.47. The van der Waals surface area contributed by atoms with Crippen molar-refractivity contribution in [1.82, 2.24) is 5.32 Å². The van der Waals surface area contributed by atoms with E-state index in [1.54, 1.807) is 0 Å². The first-order valence-corrected chi connectivity index (χ1v) is 9.29. The fourth-order valence-corrected chi connectivity index (χ4v) is 2.84. The van der Waals surface area contributed by atoms with Gasteiger partial charge in [0.1, 0.15) is 12.4 Å². The lowest BCUT2D eigenvalue weighted by Gasteiger charge is -2.09. The van der Waals surface area contributed by atoms with Gasteiger partial charge in [-0.05, 0) is 60.8 Å². The molecule has 0 fully saturated rings. The number of halogens is 1. The average Bonchev–Trinajstić information content (AvgIpc) is 2.67. The van der Waals surface area contributed by atoms with E-state index in [4.69, 9.17) is 16.3 Å². The highest BCUT2D eigenvalue weighted by atomic mass is 35.5. The third kappa shape index (κ3) is 5.91. The summed E-state index contributed by atoms with van der Waals surface area (Å²) in [6.45, 7) is 4.44. The molecule has 0 radical (unpaired) electrons. The van der Waals surface area contributed by atoms with Gasteiger partial charge in [-0.2, -0.15) is 0 Å². The number of benzene rings is 3. The minimum Gasteiger partial charge on any atom is -0.489 e. The molecule has 0 spiro atoms. The second-order valence-corrected chi connectivity index (χ2v) is 6.91. The summed E-state index contributed by atoms with van der Waals surface area (Å²) < 4.78 is 5.92. The molecule has 3 heteroatoms. The predicted octanol–water partition coefficient (Wildman–Crippen LogP) is 5.56. The Morgan fingerprint density at radius 3 is 2.35 bits per heavy atom. The molecular weight excluding hydrogens is 342 g/mol. The number of rotatable bonds is 8. The maximum absolute atomic E-state index is 5.92. The smallest absolute Gasteiger partial charge is 0.120 e. The van der Waals surface area contributed by atoms with Crippen molar-refractivity contribution in [3.8, 4) is 5.75 Å². The molecule has 0 saturated heterocycles. The molecule has 0 aliphatic heterocycles. The minimum absolute atomic E-state index is 0.591. The van der Waals surface area contributed by atoms with Crippen LogP contribution in [0.3, 0.4) is 0 Å². The van der Waals surface area contributed by atoms with Gasteiger partial charge in [0.2, 0.25) is 0 Å². The first-order valence-electron chi connectivity index (χ1n) is 8.91. The number of ether oxygens (including phenoxy) is 1. The number of hydrogen-bond donors (Lipinski definition) is 1. The standard InChI is InChI=1S/C23H24ClNO/c1-18-5-7-20(8-6-18)17-26-23-4-2-3-21(15-23)16-25-14-13-19-9-11-22(24)12-10-19/h2-12,15,25H,13-14,16-17H2,1H3. The van der Waals surface area contributed by atoms with Gasteiger partial charge in [0.25, 0.3) is 0 Å². The molecule has 3 aromatic carbocycles. The maximum atomic E-state index is 5.92. The third-order valence-corrected chi connectivity index (χ3v) is 4.51. The van der Waals surface area contributed by atoms with E-state index in [9.17, 15) is 0 Å². The summed E-state index contributed by atoms with van der Waals surface area (Å²) in [4.78, 5) is 0. The largest absolute Gasteiger partial charge is 0.489 e. The summed E-state index contributed by atoms with van der Waals surface area (Å²) in [7, 11) is 0. The fraction of sp³-hybridized carbons (Fsp3) is 0.217. The number of hydrogen-bond acceptors (Lipinski definition) is 2. The topological polar surface area (TPSA) is 21.3 Å². The molecule has 3 aromatic rings. The van der Waals surface area contributed by atoms with E-state index < -0.39 is 0 Å². The Labute approximate surface area is 160 Å². The van der Waals surface area contributed by atoms with Gasteiger partial charge in [-0.25, -0.2) is 0 Å². The second kappa shape index (κ2) is 9.42.